The number of nitrogen functional groups attached to an aromatic ring is 1. The quantitative estimate of drug-likeness (QED) is 0.511. The van der Waals surface area contributed by atoms with Crippen molar-refractivity contribution < 1.29 is 0 Å². The Morgan fingerprint density at radius 1 is 0.963 bits per heavy atom. The Morgan fingerprint density at radius 2 is 1.85 bits per heavy atom. The number of hydrogen-bond donors (Lipinski definition) is 3. The molecule has 0 bridgehead atoms. The van der Waals surface area contributed by atoms with E-state index in [1.807, 2.05) is 56.4 Å². The second-order valence-electron chi connectivity index (χ2n) is 6.11. The predicted molar refractivity (Wildman–Crippen MR) is 109 cm³/mol. The van der Waals surface area contributed by atoms with E-state index in [1.165, 1.54) is 6.33 Å². The third-order valence-corrected chi connectivity index (χ3v) is 4.29. The van der Waals surface area contributed by atoms with E-state index < -0.39 is 0 Å². The van der Waals surface area contributed by atoms with Gasteiger partial charge in [-0.3, -0.25) is 0 Å². The molecule has 0 atom stereocenters. The van der Waals surface area contributed by atoms with Gasteiger partial charge in [-0.25, -0.2) is 19.9 Å². The fraction of sp³-hybridized carbons (Fsp3) is 0.100. The standard InChI is InChI=1S/C20H19N7/c1-12-9-15-13(19(21)26-12)5-3-7-16(15)27-20-14(6-4-8-23-20)17-10-18(22-2)25-11-24-17/h3-11H,1-2H3,(H2,21,26)(H,23,27)(H,22,24,25). The first-order chi connectivity index (χ1) is 13.2. The monoisotopic (exact) mass is 357 g/mol. The molecule has 4 N–H and O–H groups in total. The molecular formula is C20H19N7. The predicted octanol–water partition coefficient (Wildman–Crippen LogP) is 3.76. The van der Waals surface area contributed by atoms with Gasteiger partial charge >= 0.3 is 0 Å². The molecule has 4 aromatic rings. The van der Waals surface area contributed by atoms with E-state index in [2.05, 4.69) is 30.6 Å². The topological polar surface area (TPSA) is 102 Å². The lowest BCUT2D eigenvalue weighted by Gasteiger charge is -2.14. The van der Waals surface area contributed by atoms with Crippen LogP contribution in [0.15, 0.2) is 55.0 Å². The molecule has 0 spiro atoms. The summed E-state index contributed by atoms with van der Waals surface area (Å²) >= 11 is 0. The molecule has 0 aliphatic rings. The minimum Gasteiger partial charge on any atom is -0.383 e. The molecule has 0 aliphatic carbocycles. The molecule has 0 saturated carbocycles. The van der Waals surface area contributed by atoms with Gasteiger partial charge in [0.1, 0.15) is 23.8 Å². The van der Waals surface area contributed by atoms with Crippen molar-refractivity contribution in [1.82, 2.24) is 19.9 Å². The molecule has 0 saturated heterocycles. The van der Waals surface area contributed by atoms with Gasteiger partial charge in [0.25, 0.3) is 0 Å². The lowest BCUT2D eigenvalue weighted by atomic mass is 10.1. The van der Waals surface area contributed by atoms with Gasteiger partial charge in [0.05, 0.1) is 5.69 Å². The Labute approximate surface area is 156 Å². The molecule has 0 unspecified atom stereocenters. The van der Waals surface area contributed by atoms with Crippen molar-refractivity contribution >= 4 is 33.9 Å². The summed E-state index contributed by atoms with van der Waals surface area (Å²) in [4.78, 5) is 17.4. The SMILES string of the molecule is CNc1cc(-c2cccnc2Nc2cccc3c(N)nc(C)cc23)ncn1. The molecule has 0 amide bonds. The van der Waals surface area contributed by atoms with Crippen molar-refractivity contribution in [3.05, 3.63) is 60.7 Å². The fourth-order valence-electron chi connectivity index (χ4n) is 3.02. The Bertz CT molecular complexity index is 1120. The first-order valence-electron chi connectivity index (χ1n) is 8.54. The number of nitrogens with one attached hydrogen (secondary N) is 2. The molecule has 0 aliphatic heterocycles. The number of nitrogens with two attached hydrogens (primary N) is 1. The van der Waals surface area contributed by atoms with E-state index in [4.69, 9.17) is 5.73 Å². The summed E-state index contributed by atoms with van der Waals surface area (Å²) in [5.74, 6) is 1.97. The van der Waals surface area contributed by atoms with Gasteiger partial charge in [-0.2, -0.15) is 0 Å². The zero-order valence-electron chi connectivity index (χ0n) is 15.1. The average molecular weight is 357 g/mol. The molecule has 3 aromatic heterocycles. The molecule has 134 valence electrons. The summed E-state index contributed by atoms with van der Waals surface area (Å²) in [6.45, 7) is 1.93. The van der Waals surface area contributed by atoms with Crippen LogP contribution in [0.4, 0.5) is 23.1 Å². The highest BCUT2D eigenvalue weighted by atomic mass is 15.0. The first kappa shape index (κ1) is 16.7. The van der Waals surface area contributed by atoms with Crippen LogP contribution in [-0.4, -0.2) is 27.0 Å². The van der Waals surface area contributed by atoms with Gasteiger partial charge < -0.3 is 16.4 Å². The Kier molecular flexibility index (Phi) is 4.25. The van der Waals surface area contributed by atoms with Crippen LogP contribution in [0.1, 0.15) is 5.69 Å². The summed E-state index contributed by atoms with van der Waals surface area (Å²) in [5, 5.41) is 8.36. The van der Waals surface area contributed by atoms with Crippen molar-refractivity contribution in [3.8, 4) is 11.3 Å². The molecule has 0 radical (unpaired) electrons. The van der Waals surface area contributed by atoms with Gasteiger partial charge in [0, 0.05) is 47.0 Å². The second-order valence-corrected chi connectivity index (χ2v) is 6.11. The Balaban J connectivity index is 1.82. The second kappa shape index (κ2) is 6.87. The third kappa shape index (κ3) is 3.22. The molecule has 27 heavy (non-hydrogen) atoms. The van der Waals surface area contributed by atoms with Gasteiger partial charge in [-0.15, -0.1) is 0 Å². The number of pyridine rings is 2. The molecular weight excluding hydrogens is 338 g/mol. The molecule has 7 nitrogen and oxygen atoms in total. The van der Waals surface area contributed by atoms with Gasteiger partial charge in [-0.1, -0.05) is 12.1 Å². The minimum atomic E-state index is 0.518. The Hall–Kier alpha value is -3.74. The molecule has 4 rings (SSSR count). The van der Waals surface area contributed by atoms with E-state index in [1.54, 1.807) is 6.20 Å². The number of fused-ring (bicyclic) bond motifs is 1. The largest absolute Gasteiger partial charge is 0.383 e. The average Bonchev–Trinajstić information content (AvgIpc) is 2.69. The van der Waals surface area contributed by atoms with Crippen LogP contribution < -0.4 is 16.4 Å². The summed E-state index contributed by atoms with van der Waals surface area (Å²) in [5.41, 5.74) is 9.53. The van der Waals surface area contributed by atoms with Crippen molar-refractivity contribution in [2.75, 3.05) is 23.4 Å². The first-order valence-corrected chi connectivity index (χ1v) is 8.54. The zero-order chi connectivity index (χ0) is 18.8. The molecule has 1 aromatic carbocycles. The highest BCUT2D eigenvalue weighted by molar-refractivity contribution is 6.01. The number of hydrogen-bond acceptors (Lipinski definition) is 7. The van der Waals surface area contributed by atoms with Gasteiger partial charge in [-0.05, 0) is 31.2 Å². The fourth-order valence-corrected chi connectivity index (χ4v) is 3.02. The smallest absolute Gasteiger partial charge is 0.139 e. The number of aromatic nitrogens is 4. The van der Waals surface area contributed by atoms with Crippen molar-refractivity contribution in [3.63, 3.8) is 0 Å². The molecule has 0 fully saturated rings. The van der Waals surface area contributed by atoms with Crippen LogP contribution in [0.25, 0.3) is 22.0 Å². The highest BCUT2D eigenvalue weighted by Gasteiger charge is 2.11. The van der Waals surface area contributed by atoms with Crippen LogP contribution in [0.2, 0.25) is 0 Å². The third-order valence-electron chi connectivity index (χ3n) is 4.29. The van der Waals surface area contributed by atoms with Crippen LogP contribution in [0.3, 0.4) is 0 Å². The van der Waals surface area contributed by atoms with Crippen LogP contribution in [0.5, 0.6) is 0 Å². The minimum absolute atomic E-state index is 0.518. The maximum atomic E-state index is 6.09. The van der Waals surface area contributed by atoms with E-state index in [0.717, 1.165) is 39.2 Å². The molecule has 7 heteroatoms. The van der Waals surface area contributed by atoms with Crippen LogP contribution in [-0.2, 0) is 0 Å². The number of anilines is 4. The van der Waals surface area contributed by atoms with E-state index >= 15 is 0 Å². The maximum Gasteiger partial charge on any atom is 0.139 e. The zero-order valence-corrected chi connectivity index (χ0v) is 15.1. The van der Waals surface area contributed by atoms with E-state index in [9.17, 15) is 0 Å². The molecule has 3 heterocycles. The van der Waals surface area contributed by atoms with Crippen LogP contribution >= 0.6 is 0 Å². The van der Waals surface area contributed by atoms with Crippen molar-refractivity contribution in [2.45, 2.75) is 6.92 Å². The van der Waals surface area contributed by atoms with E-state index in [-0.39, 0.29) is 0 Å². The summed E-state index contributed by atoms with van der Waals surface area (Å²) in [7, 11) is 1.82. The summed E-state index contributed by atoms with van der Waals surface area (Å²) < 4.78 is 0. The van der Waals surface area contributed by atoms with Crippen molar-refractivity contribution in [2.24, 2.45) is 0 Å². The Morgan fingerprint density at radius 3 is 2.70 bits per heavy atom. The number of benzene rings is 1. The van der Waals surface area contributed by atoms with E-state index in [0.29, 0.717) is 11.6 Å². The van der Waals surface area contributed by atoms with Crippen LogP contribution in [0, 0.1) is 6.92 Å². The van der Waals surface area contributed by atoms with Gasteiger partial charge in [0.2, 0.25) is 0 Å². The number of nitrogens with zero attached hydrogens (tertiary/aromatic N) is 4. The lowest BCUT2D eigenvalue weighted by Crippen LogP contribution is -2.01. The normalized spacial score (nSPS) is 10.7. The van der Waals surface area contributed by atoms with Gasteiger partial charge in [0.15, 0.2) is 0 Å². The maximum absolute atomic E-state index is 6.09. The van der Waals surface area contributed by atoms with Crippen molar-refractivity contribution in [1.29, 1.82) is 0 Å². The summed E-state index contributed by atoms with van der Waals surface area (Å²) in [6, 6.07) is 13.7. The summed E-state index contributed by atoms with van der Waals surface area (Å²) in [6.07, 6.45) is 3.28. The number of rotatable bonds is 4. The highest BCUT2D eigenvalue weighted by Crippen LogP contribution is 2.32. The lowest BCUT2D eigenvalue weighted by molar-refractivity contribution is 1.16. The number of aryl methyl sites for hydroxylation is 1.